The maximum absolute atomic E-state index is 14.2. The summed E-state index contributed by atoms with van der Waals surface area (Å²) in [5.74, 6) is -4.33. The molecule has 2 aromatic carbocycles. The molecule has 4 heterocycles. The molecule has 13 N–H and O–H groups in total. The normalized spacial score (nSPS) is 36.3. The first kappa shape index (κ1) is 41.5. The summed E-state index contributed by atoms with van der Waals surface area (Å²) < 4.78 is 44.4. The van der Waals surface area contributed by atoms with Crippen molar-refractivity contribution in [3.05, 3.63) is 34.5 Å². The highest BCUT2D eigenvalue weighted by Crippen LogP contribution is 2.44. The molecule has 56 heavy (non-hydrogen) atoms. The van der Waals surface area contributed by atoms with Crippen LogP contribution in [0.4, 0.5) is 0 Å². The van der Waals surface area contributed by atoms with Gasteiger partial charge >= 0.3 is 0 Å². The Bertz CT molecular complexity index is 1920. The van der Waals surface area contributed by atoms with Gasteiger partial charge in [0.05, 0.1) is 26.4 Å². The minimum atomic E-state index is -2.08. The topological polar surface area (TPSA) is 358 Å². The predicted molar refractivity (Wildman–Crippen MR) is 179 cm³/mol. The van der Waals surface area contributed by atoms with Gasteiger partial charge in [-0.3, -0.25) is 4.79 Å². The lowest BCUT2D eigenvalue weighted by molar-refractivity contribution is -0.318. The molecular weight excluding hydrogens is 760 g/mol. The average molecular weight is 803 g/mol. The van der Waals surface area contributed by atoms with Crippen molar-refractivity contribution in [2.45, 2.75) is 99.0 Å². The van der Waals surface area contributed by atoms with Gasteiger partial charge in [-0.2, -0.15) is 0 Å². The van der Waals surface area contributed by atoms with E-state index in [-0.39, 0.29) is 17.1 Å². The number of hydrogen-bond acceptors (Lipinski definition) is 22. The highest BCUT2D eigenvalue weighted by Gasteiger charge is 2.48. The Kier molecular flexibility index (Phi) is 12.2. The third kappa shape index (κ3) is 7.65. The molecule has 1 aromatic heterocycles. The number of phenols is 3. The first-order valence-electron chi connectivity index (χ1n) is 17.1. The van der Waals surface area contributed by atoms with Gasteiger partial charge in [-0.25, -0.2) is 0 Å². The van der Waals surface area contributed by atoms with Crippen molar-refractivity contribution in [1.82, 2.24) is 0 Å². The maximum atomic E-state index is 14.2. The monoisotopic (exact) mass is 802 g/mol. The van der Waals surface area contributed by atoms with Gasteiger partial charge in [-0.05, 0) is 19.1 Å². The van der Waals surface area contributed by atoms with Crippen LogP contribution in [0.3, 0.4) is 0 Å². The molecule has 3 aliphatic heterocycles. The van der Waals surface area contributed by atoms with Crippen molar-refractivity contribution in [2.24, 2.45) is 0 Å². The fraction of sp³-hybridized carbons (Fsp3) is 0.559. The quantitative estimate of drug-likeness (QED) is 0.0864. The summed E-state index contributed by atoms with van der Waals surface area (Å²) in [4.78, 5) is 14.2. The van der Waals surface area contributed by atoms with E-state index in [4.69, 9.17) is 37.6 Å². The Morgan fingerprint density at radius 1 is 0.661 bits per heavy atom. The van der Waals surface area contributed by atoms with Crippen molar-refractivity contribution in [1.29, 1.82) is 0 Å². The number of aliphatic hydroxyl groups is 10. The second-order valence-corrected chi connectivity index (χ2v) is 13.4. The van der Waals surface area contributed by atoms with E-state index in [1.165, 1.54) is 6.92 Å². The number of phenolic OH excluding ortho intramolecular Hbond substituents is 3. The SMILES string of the molecule is COc1cc(-c2oc3cc(O[C@@H]4OC(CO)[C@@H](O)[C@H](O)C4O)cc(O)c3c(=O)c2O[C@@H]2OC(CO[C@@H]3OC(C)[C@H](O)[C@H](O)C3O)[C@@H](O)C(O)C2O)cc(O)c1O. The molecule has 0 amide bonds. The molecule has 3 saturated heterocycles. The van der Waals surface area contributed by atoms with Crippen LogP contribution in [0, 0.1) is 0 Å². The van der Waals surface area contributed by atoms with E-state index in [0.29, 0.717) is 0 Å². The minimum Gasteiger partial charge on any atom is -0.507 e. The summed E-state index contributed by atoms with van der Waals surface area (Å²) in [6.07, 6.45) is -25.4. The zero-order valence-electron chi connectivity index (χ0n) is 29.4. The smallest absolute Gasteiger partial charge is 0.239 e. The molecular formula is C34H42O22. The Hall–Kier alpha value is -4.11. The van der Waals surface area contributed by atoms with Crippen molar-refractivity contribution < 1.29 is 104 Å². The molecule has 0 bridgehead atoms. The van der Waals surface area contributed by atoms with Gasteiger partial charge in [0.25, 0.3) is 0 Å². The predicted octanol–water partition coefficient (Wildman–Crippen LogP) is -4.21. The molecule has 7 unspecified atom stereocenters. The molecule has 3 aromatic rings. The Morgan fingerprint density at radius 3 is 1.89 bits per heavy atom. The van der Waals surface area contributed by atoms with Gasteiger partial charge in [0.1, 0.15) is 89.6 Å². The van der Waals surface area contributed by atoms with Crippen LogP contribution in [-0.4, -0.2) is 179 Å². The van der Waals surface area contributed by atoms with Crippen molar-refractivity contribution in [3.63, 3.8) is 0 Å². The number of aliphatic hydroxyl groups excluding tert-OH is 10. The van der Waals surface area contributed by atoms with Gasteiger partial charge in [-0.1, -0.05) is 0 Å². The summed E-state index contributed by atoms with van der Waals surface area (Å²) in [5, 5.41) is 134. The largest absolute Gasteiger partial charge is 0.507 e. The molecule has 3 aliphatic rings. The number of hydrogen-bond donors (Lipinski definition) is 13. The van der Waals surface area contributed by atoms with E-state index in [9.17, 15) is 71.2 Å². The second kappa shape index (κ2) is 16.4. The zero-order chi connectivity index (χ0) is 40.9. The first-order chi connectivity index (χ1) is 26.5. The molecule has 310 valence electrons. The van der Waals surface area contributed by atoms with Gasteiger partial charge in [0.2, 0.25) is 29.5 Å². The lowest BCUT2D eigenvalue weighted by Crippen LogP contribution is -2.61. The highest BCUT2D eigenvalue weighted by molar-refractivity contribution is 5.88. The molecule has 6 rings (SSSR count). The van der Waals surface area contributed by atoms with Gasteiger partial charge < -0.3 is 104 Å². The van der Waals surface area contributed by atoms with Crippen LogP contribution in [-0.2, 0) is 18.9 Å². The van der Waals surface area contributed by atoms with E-state index in [0.717, 1.165) is 31.4 Å². The fourth-order valence-corrected chi connectivity index (χ4v) is 6.41. The Morgan fingerprint density at radius 2 is 1.25 bits per heavy atom. The van der Waals surface area contributed by atoms with Crippen molar-refractivity contribution >= 4 is 11.0 Å². The summed E-state index contributed by atoms with van der Waals surface area (Å²) in [6.45, 7) is -0.0519. The zero-order valence-corrected chi connectivity index (χ0v) is 29.4. The lowest BCUT2D eigenvalue weighted by atomic mass is 9.98. The number of rotatable bonds is 10. The summed E-state index contributed by atoms with van der Waals surface area (Å²) in [7, 11) is 1.15. The van der Waals surface area contributed by atoms with Crippen LogP contribution in [0.5, 0.6) is 34.5 Å². The molecule has 3 fully saturated rings. The van der Waals surface area contributed by atoms with Crippen molar-refractivity contribution in [3.8, 4) is 45.8 Å². The number of ether oxygens (including phenoxy) is 7. The highest BCUT2D eigenvalue weighted by atomic mass is 16.7. The molecule has 22 heteroatoms. The van der Waals surface area contributed by atoms with Crippen LogP contribution in [0.25, 0.3) is 22.3 Å². The van der Waals surface area contributed by atoms with E-state index in [2.05, 4.69) is 0 Å². The number of fused-ring (bicyclic) bond motifs is 1. The van der Waals surface area contributed by atoms with E-state index < -0.39 is 150 Å². The minimum absolute atomic E-state index is 0.213. The number of methoxy groups -OCH3 is 1. The van der Waals surface area contributed by atoms with Crippen LogP contribution in [0.15, 0.2) is 33.5 Å². The Labute approximate surface area is 314 Å². The molecule has 0 radical (unpaired) electrons. The molecule has 22 nitrogen and oxygen atoms in total. The van der Waals surface area contributed by atoms with Crippen LogP contribution < -0.4 is 19.6 Å². The van der Waals surface area contributed by atoms with E-state index in [1.54, 1.807) is 0 Å². The van der Waals surface area contributed by atoms with Gasteiger partial charge in [-0.15, -0.1) is 0 Å². The third-order valence-electron chi connectivity index (χ3n) is 9.68. The Balaban J connectivity index is 1.37. The molecule has 0 saturated carbocycles. The standard InChI is InChI=1S/C34H42O22/c1-9-19(38)24(43)27(46)32(51-9)50-8-17-22(41)26(45)29(48)34(55-17)56-31-23(42)18-12(36)5-11(52-33-28(47)25(44)21(40)16(7-35)54-33)6-14(18)53-30(31)10-3-13(37)20(39)15(4-10)49-2/h3-6,9,16-17,19,21-22,24-29,32-41,43-48H,7-8H2,1-2H3/t9?,16?,17?,19-,21+,22+,24-,25-,26?,27?,28?,29?,32+,33+,34-/m0/s1. The molecule has 0 spiro atoms. The number of aromatic hydroxyl groups is 3. The van der Waals surface area contributed by atoms with E-state index in [1.807, 2.05) is 0 Å². The summed E-state index contributed by atoms with van der Waals surface area (Å²) >= 11 is 0. The van der Waals surface area contributed by atoms with Gasteiger partial charge in [0.15, 0.2) is 23.5 Å². The van der Waals surface area contributed by atoms with Crippen LogP contribution >= 0.6 is 0 Å². The molecule has 0 aliphatic carbocycles. The number of benzene rings is 2. The second-order valence-electron chi connectivity index (χ2n) is 13.4. The average Bonchev–Trinajstić information content (AvgIpc) is 3.17. The van der Waals surface area contributed by atoms with Crippen molar-refractivity contribution in [2.75, 3.05) is 20.3 Å². The first-order valence-corrected chi connectivity index (χ1v) is 17.1. The van der Waals surface area contributed by atoms with Gasteiger partial charge in [0, 0.05) is 17.7 Å². The summed E-state index contributed by atoms with van der Waals surface area (Å²) in [6, 6.07) is 3.96. The van der Waals surface area contributed by atoms with Crippen LogP contribution in [0.2, 0.25) is 0 Å². The van der Waals surface area contributed by atoms with E-state index >= 15 is 0 Å². The fourth-order valence-electron chi connectivity index (χ4n) is 6.41. The van der Waals surface area contributed by atoms with Crippen LogP contribution in [0.1, 0.15) is 6.92 Å². The summed E-state index contributed by atoms with van der Waals surface area (Å²) in [5.41, 5.74) is -1.81. The lowest BCUT2D eigenvalue weighted by Gasteiger charge is -2.42. The maximum Gasteiger partial charge on any atom is 0.239 e. The third-order valence-corrected chi connectivity index (χ3v) is 9.68. The molecule has 15 atom stereocenters.